The van der Waals surface area contributed by atoms with Crippen LogP contribution in [0.1, 0.15) is 17.3 Å². The first-order chi connectivity index (χ1) is 13.2. The van der Waals surface area contributed by atoms with Gasteiger partial charge in [0.25, 0.3) is 0 Å². The minimum atomic E-state index is -0.888. The topological polar surface area (TPSA) is 93.9 Å². The number of carbonyl (C=O) groups is 1. The van der Waals surface area contributed by atoms with E-state index < -0.39 is 17.1 Å². The summed E-state index contributed by atoms with van der Waals surface area (Å²) < 4.78 is 1.54. The first kappa shape index (κ1) is 20.2. The van der Waals surface area contributed by atoms with E-state index in [0.717, 1.165) is 14.0 Å². The Morgan fingerprint density at radius 3 is 2.11 bits per heavy atom. The maximum absolute atomic E-state index is 12.3. The lowest BCUT2D eigenvalue weighted by Crippen LogP contribution is -2.47. The molecule has 3 aromatic rings. The summed E-state index contributed by atoms with van der Waals surface area (Å²) in [6, 6.07) is 9.77. The number of aromatic nitrogens is 3. The highest BCUT2D eigenvalue weighted by Gasteiger charge is 2.15. The quantitative estimate of drug-likeness (QED) is 0.633. The molecule has 28 heavy (non-hydrogen) atoms. The standard InChI is InChI=1S/C18H13Cl2N3O4S/c1-9(24)10-3-5-12(6-4-10)28-15-13(19)7-11(8-14(15)20)23-17(26)21-16(25)22(2)18(23)27/h3-8H,1-2H3,(H,21,25,26). The molecule has 0 atom stereocenters. The van der Waals surface area contributed by atoms with Crippen molar-refractivity contribution in [1.29, 1.82) is 0 Å². The molecule has 0 unspecified atom stereocenters. The molecular formula is C18H13Cl2N3O4S. The van der Waals surface area contributed by atoms with Gasteiger partial charge >= 0.3 is 17.1 Å². The molecule has 0 saturated carbocycles. The Morgan fingerprint density at radius 2 is 1.57 bits per heavy atom. The Balaban J connectivity index is 2.04. The van der Waals surface area contributed by atoms with E-state index >= 15 is 0 Å². The first-order valence-corrected chi connectivity index (χ1v) is 9.47. The zero-order valence-corrected chi connectivity index (χ0v) is 17.0. The van der Waals surface area contributed by atoms with Gasteiger partial charge in [-0.15, -0.1) is 0 Å². The van der Waals surface area contributed by atoms with Gasteiger partial charge in [0, 0.05) is 22.4 Å². The summed E-state index contributed by atoms with van der Waals surface area (Å²) in [5.41, 5.74) is -1.80. The highest BCUT2D eigenvalue weighted by atomic mass is 35.5. The van der Waals surface area contributed by atoms with Crippen LogP contribution in [0, 0.1) is 0 Å². The zero-order valence-electron chi connectivity index (χ0n) is 14.7. The van der Waals surface area contributed by atoms with Gasteiger partial charge < -0.3 is 0 Å². The molecule has 2 aromatic carbocycles. The summed E-state index contributed by atoms with van der Waals surface area (Å²) in [4.78, 5) is 50.6. The molecule has 0 spiro atoms. The summed E-state index contributed by atoms with van der Waals surface area (Å²) in [5.74, 6) is -0.0371. The highest BCUT2D eigenvalue weighted by Crippen LogP contribution is 2.39. The van der Waals surface area contributed by atoms with Crippen LogP contribution in [0.5, 0.6) is 0 Å². The van der Waals surface area contributed by atoms with Crippen molar-refractivity contribution in [3.8, 4) is 5.69 Å². The Kier molecular flexibility index (Phi) is 5.64. The summed E-state index contributed by atoms with van der Waals surface area (Å²) in [6.07, 6.45) is 0. The molecule has 0 saturated heterocycles. The lowest BCUT2D eigenvalue weighted by atomic mass is 10.2. The van der Waals surface area contributed by atoms with E-state index in [1.807, 2.05) is 0 Å². The third-order valence-corrected chi connectivity index (χ3v) is 5.89. The molecule has 0 bridgehead atoms. The predicted molar refractivity (Wildman–Crippen MR) is 108 cm³/mol. The van der Waals surface area contributed by atoms with Crippen LogP contribution in [0.3, 0.4) is 0 Å². The van der Waals surface area contributed by atoms with Crippen molar-refractivity contribution >= 4 is 40.7 Å². The monoisotopic (exact) mass is 437 g/mol. The largest absolute Gasteiger partial charge is 0.340 e. The first-order valence-electron chi connectivity index (χ1n) is 7.89. The number of nitrogens with zero attached hydrogens (tertiary/aromatic N) is 2. The molecule has 0 aliphatic carbocycles. The Bertz CT molecular complexity index is 1240. The van der Waals surface area contributed by atoms with E-state index in [4.69, 9.17) is 23.2 Å². The summed E-state index contributed by atoms with van der Waals surface area (Å²) >= 11 is 13.9. The number of Topliss-reactive ketones (excluding diaryl/α,β-unsaturated/α-hetero) is 1. The average molecular weight is 438 g/mol. The van der Waals surface area contributed by atoms with Gasteiger partial charge in [0.1, 0.15) is 0 Å². The van der Waals surface area contributed by atoms with Gasteiger partial charge in [0.2, 0.25) is 0 Å². The van der Waals surface area contributed by atoms with E-state index in [-0.39, 0.29) is 21.5 Å². The molecule has 0 aliphatic rings. The second-order valence-electron chi connectivity index (χ2n) is 5.83. The third kappa shape index (κ3) is 3.84. The van der Waals surface area contributed by atoms with Crippen LogP contribution in [0.25, 0.3) is 5.69 Å². The number of H-pyrrole nitrogens is 1. The highest BCUT2D eigenvalue weighted by molar-refractivity contribution is 7.99. The molecule has 0 amide bonds. The fraction of sp³-hybridized carbons (Fsp3) is 0.111. The fourth-order valence-electron chi connectivity index (χ4n) is 2.43. The van der Waals surface area contributed by atoms with E-state index in [2.05, 4.69) is 4.98 Å². The predicted octanol–water partition coefficient (Wildman–Crippen LogP) is 2.89. The van der Waals surface area contributed by atoms with Crippen LogP contribution in [0.15, 0.2) is 60.6 Å². The second kappa shape index (κ2) is 7.83. The van der Waals surface area contributed by atoms with Crippen molar-refractivity contribution in [2.24, 2.45) is 7.05 Å². The maximum atomic E-state index is 12.3. The zero-order chi connectivity index (χ0) is 20.6. The molecule has 1 N–H and O–H groups in total. The van der Waals surface area contributed by atoms with Crippen LogP contribution in [0.2, 0.25) is 10.0 Å². The minimum absolute atomic E-state index is 0.0371. The minimum Gasteiger partial charge on any atom is -0.295 e. The molecule has 0 fully saturated rings. The molecule has 0 radical (unpaired) electrons. The van der Waals surface area contributed by atoms with Crippen LogP contribution in [0.4, 0.5) is 0 Å². The number of aromatic amines is 1. The molecule has 1 heterocycles. The molecule has 0 aliphatic heterocycles. The number of nitrogens with one attached hydrogen (secondary N) is 1. The van der Waals surface area contributed by atoms with Crippen LogP contribution in [-0.4, -0.2) is 19.9 Å². The number of hydrogen-bond donors (Lipinski definition) is 1. The van der Waals surface area contributed by atoms with Crippen molar-refractivity contribution in [2.75, 3.05) is 0 Å². The normalized spacial score (nSPS) is 10.9. The number of halogens is 2. The lowest BCUT2D eigenvalue weighted by molar-refractivity contribution is 0.101. The number of carbonyl (C=O) groups excluding carboxylic acids is 1. The van der Waals surface area contributed by atoms with E-state index in [1.54, 1.807) is 24.3 Å². The molecule has 3 rings (SSSR count). The molecule has 7 nitrogen and oxygen atoms in total. The number of hydrogen-bond acceptors (Lipinski definition) is 5. The van der Waals surface area contributed by atoms with Gasteiger partial charge in [0.15, 0.2) is 5.78 Å². The fourth-order valence-corrected chi connectivity index (χ4v) is 3.96. The molecule has 10 heteroatoms. The van der Waals surface area contributed by atoms with Crippen molar-refractivity contribution < 1.29 is 4.79 Å². The third-order valence-electron chi connectivity index (χ3n) is 3.92. The maximum Gasteiger partial charge on any atom is 0.340 e. The van der Waals surface area contributed by atoms with E-state index in [0.29, 0.717) is 10.5 Å². The van der Waals surface area contributed by atoms with Gasteiger partial charge in [-0.3, -0.25) is 9.78 Å². The number of ketones is 1. The van der Waals surface area contributed by atoms with Gasteiger partial charge in [-0.1, -0.05) is 47.1 Å². The van der Waals surface area contributed by atoms with Crippen LogP contribution in [-0.2, 0) is 7.05 Å². The van der Waals surface area contributed by atoms with Gasteiger partial charge in [-0.05, 0) is 31.2 Å². The summed E-state index contributed by atoms with van der Waals surface area (Å²) in [5, 5.41) is 0.451. The lowest BCUT2D eigenvalue weighted by Gasteiger charge is -2.11. The molecule has 144 valence electrons. The van der Waals surface area contributed by atoms with Crippen LogP contribution < -0.4 is 17.1 Å². The van der Waals surface area contributed by atoms with Crippen LogP contribution >= 0.6 is 35.0 Å². The number of rotatable bonds is 4. The summed E-state index contributed by atoms with van der Waals surface area (Å²) in [6.45, 7) is 1.48. The van der Waals surface area contributed by atoms with Gasteiger partial charge in [-0.2, -0.15) is 0 Å². The van der Waals surface area contributed by atoms with Crippen molar-refractivity contribution in [3.63, 3.8) is 0 Å². The Hall–Kier alpha value is -2.55. The second-order valence-corrected chi connectivity index (χ2v) is 7.73. The molecule has 1 aromatic heterocycles. The number of benzene rings is 2. The van der Waals surface area contributed by atoms with Crippen molar-refractivity contribution in [2.45, 2.75) is 16.7 Å². The SMILES string of the molecule is CC(=O)c1ccc(Sc2c(Cl)cc(-n3c(=O)[nH]c(=O)n(C)c3=O)cc2Cl)cc1. The smallest absolute Gasteiger partial charge is 0.295 e. The Morgan fingerprint density at radius 1 is 1.00 bits per heavy atom. The van der Waals surface area contributed by atoms with Crippen molar-refractivity contribution in [1.82, 2.24) is 14.1 Å². The van der Waals surface area contributed by atoms with E-state index in [9.17, 15) is 19.2 Å². The van der Waals surface area contributed by atoms with Gasteiger partial charge in [0.05, 0.1) is 15.7 Å². The van der Waals surface area contributed by atoms with Crippen molar-refractivity contribution in [3.05, 3.63) is 83.5 Å². The van der Waals surface area contributed by atoms with E-state index in [1.165, 1.54) is 37.9 Å². The van der Waals surface area contributed by atoms with Gasteiger partial charge in [-0.25, -0.2) is 23.5 Å². The average Bonchev–Trinajstić information content (AvgIpc) is 2.63. The summed E-state index contributed by atoms with van der Waals surface area (Å²) in [7, 11) is 1.25. The Labute approximate surface area is 172 Å². The molecular weight excluding hydrogens is 425 g/mol.